The molecule has 160 valence electrons. The number of fused-ring (bicyclic) bond motifs is 1. The second-order valence-electron chi connectivity index (χ2n) is 7.61. The summed E-state index contributed by atoms with van der Waals surface area (Å²) in [6.07, 6.45) is 0. The Morgan fingerprint density at radius 2 is 1.74 bits per heavy atom. The van der Waals surface area contributed by atoms with Crippen molar-refractivity contribution in [3.05, 3.63) is 76.0 Å². The Balaban J connectivity index is 1.50. The molecule has 4 rings (SSSR count). The Morgan fingerprint density at radius 3 is 2.48 bits per heavy atom. The summed E-state index contributed by atoms with van der Waals surface area (Å²) in [5.41, 5.74) is 2.01. The average Bonchev–Trinajstić information content (AvgIpc) is 3.32. The summed E-state index contributed by atoms with van der Waals surface area (Å²) >= 11 is 1.37. The summed E-state index contributed by atoms with van der Waals surface area (Å²) in [4.78, 5) is 25.9. The van der Waals surface area contributed by atoms with Crippen molar-refractivity contribution in [3.63, 3.8) is 0 Å². The first-order valence-electron chi connectivity index (χ1n) is 10.2. The number of rotatable bonds is 6. The zero-order valence-corrected chi connectivity index (χ0v) is 18.2. The molecule has 0 saturated heterocycles. The molecule has 2 amide bonds. The third-order valence-electron chi connectivity index (χ3n) is 5.01. The molecule has 3 aromatic rings. The molecule has 2 aromatic carbocycles. The molecule has 1 aliphatic rings. The number of carbonyl (C=O) groups excluding carboxylic acids is 2. The fourth-order valence-electron chi connectivity index (χ4n) is 3.45. The topological polar surface area (TPSA) is 76.7 Å². The van der Waals surface area contributed by atoms with Crippen molar-refractivity contribution in [2.24, 2.45) is 5.92 Å². The maximum Gasteiger partial charge on any atom is 0.265 e. The van der Waals surface area contributed by atoms with Crippen LogP contribution in [-0.4, -0.2) is 25.0 Å². The maximum atomic E-state index is 13.0. The molecule has 7 heteroatoms. The van der Waals surface area contributed by atoms with Crippen LogP contribution in [0, 0.1) is 5.92 Å². The molecule has 0 fully saturated rings. The van der Waals surface area contributed by atoms with Crippen LogP contribution in [-0.2, 0) is 0 Å². The summed E-state index contributed by atoms with van der Waals surface area (Å²) in [5.74, 6) is 1.18. The number of hydrogen-bond donors (Lipinski definition) is 2. The summed E-state index contributed by atoms with van der Waals surface area (Å²) in [7, 11) is 0. The van der Waals surface area contributed by atoms with Gasteiger partial charge in [0, 0.05) is 11.3 Å². The van der Waals surface area contributed by atoms with E-state index in [0.717, 1.165) is 11.3 Å². The van der Waals surface area contributed by atoms with Gasteiger partial charge in [0.05, 0.1) is 10.9 Å². The summed E-state index contributed by atoms with van der Waals surface area (Å²) < 4.78 is 11.3. The van der Waals surface area contributed by atoms with Gasteiger partial charge in [0.2, 0.25) is 0 Å². The predicted octanol–water partition coefficient (Wildman–Crippen LogP) is 4.90. The lowest BCUT2D eigenvalue weighted by atomic mass is 9.95. The van der Waals surface area contributed by atoms with Crippen molar-refractivity contribution in [2.45, 2.75) is 19.9 Å². The molecular formula is C24H24N2O4S. The molecule has 0 aliphatic carbocycles. The SMILES string of the molecule is CC(C)C(NC(=O)c1cccc(NC(=O)c2cccs2)c1)c1ccc2c(c1)OCCO2. The van der Waals surface area contributed by atoms with Crippen LogP contribution in [0.4, 0.5) is 5.69 Å². The predicted molar refractivity (Wildman–Crippen MR) is 121 cm³/mol. The Bertz CT molecular complexity index is 1080. The van der Waals surface area contributed by atoms with Crippen LogP contribution in [0.25, 0.3) is 0 Å². The van der Waals surface area contributed by atoms with Crippen LogP contribution in [0.2, 0.25) is 0 Å². The van der Waals surface area contributed by atoms with E-state index in [1.807, 2.05) is 29.6 Å². The van der Waals surface area contributed by atoms with E-state index in [4.69, 9.17) is 9.47 Å². The Labute approximate surface area is 185 Å². The van der Waals surface area contributed by atoms with Crippen molar-refractivity contribution < 1.29 is 19.1 Å². The van der Waals surface area contributed by atoms with E-state index in [-0.39, 0.29) is 23.8 Å². The van der Waals surface area contributed by atoms with Gasteiger partial charge in [-0.25, -0.2) is 0 Å². The second-order valence-corrected chi connectivity index (χ2v) is 8.56. The third-order valence-corrected chi connectivity index (χ3v) is 5.87. The van der Waals surface area contributed by atoms with Crippen LogP contribution in [0.1, 0.15) is 45.5 Å². The van der Waals surface area contributed by atoms with Gasteiger partial charge in [-0.2, -0.15) is 0 Å². The summed E-state index contributed by atoms with van der Waals surface area (Å²) in [6.45, 7) is 5.16. The molecule has 0 bridgehead atoms. The number of hydrogen-bond acceptors (Lipinski definition) is 5. The van der Waals surface area contributed by atoms with Crippen LogP contribution >= 0.6 is 11.3 Å². The molecule has 2 heterocycles. The molecule has 1 aromatic heterocycles. The number of amides is 2. The smallest absolute Gasteiger partial charge is 0.265 e. The molecule has 1 atom stereocenters. The molecule has 1 unspecified atom stereocenters. The highest BCUT2D eigenvalue weighted by atomic mass is 32.1. The Morgan fingerprint density at radius 1 is 0.935 bits per heavy atom. The van der Waals surface area contributed by atoms with E-state index in [9.17, 15) is 9.59 Å². The first kappa shape index (κ1) is 20.9. The molecule has 0 saturated carbocycles. The van der Waals surface area contributed by atoms with Crippen molar-refractivity contribution >= 4 is 28.8 Å². The van der Waals surface area contributed by atoms with E-state index < -0.39 is 0 Å². The van der Waals surface area contributed by atoms with Gasteiger partial charge in [-0.1, -0.05) is 32.0 Å². The standard InChI is InChI=1S/C24H24N2O4S/c1-15(2)22(16-8-9-19-20(14-16)30-11-10-29-19)26-23(27)17-5-3-6-18(13-17)25-24(28)21-7-4-12-31-21/h3-9,12-15,22H,10-11H2,1-2H3,(H,25,28)(H,26,27). The molecule has 1 aliphatic heterocycles. The van der Waals surface area contributed by atoms with Crippen LogP contribution in [0.5, 0.6) is 11.5 Å². The zero-order chi connectivity index (χ0) is 21.8. The van der Waals surface area contributed by atoms with Crippen molar-refractivity contribution in [1.82, 2.24) is 5.32 Å². The quantitative estimate of drug-likeness (QED) is 0.576. The first-order chi connectivity index (χ1) is 15.0. The minimum atomic E-state index is -0.208. The summed E-state index contributed by atoms with van der Waals surface area (Å²) in [6, 6.07) is 16.1. The molecule has 6 nitrogen and oxygen atoms in total. The number of nitrogens with one attached hydrogen (secondary N) is 2. The Kier molecular flexibility index (Phi) is 6.23. The average molecular weight is 437 g/mol. The highest BCUT2D eigenvalue weighted by molar-refractivity contribution is 7.12. The molecule has 31 heavy (non-hydrogen) atoms. The zero-order valence-electron chi connectivity index (χ0n) is 17.4. The van der Waals surface area contributed by atoms with Gasteiger partial charge in [-0.3, -0.25) is 9.59 Å². The minimum absolute atomic E-state index is 0.160. The Hall–Kier alpha value is -3.32. The van der Waals surface area contributed by atoms with Gasteiger partial charge in [0.15, 0.2) is 11.5 Å². The van der Waals surface area contributed by atoms with Crippen LogP contribution < -0.4 is 20.1 Å². The lowest BCUT2D eigenvalue weighted by molar-refractivity contribution is 0.0924. The third kappa shape index (κ3) is 4.88. The summed E-state index contributed by atoms with van der Waals surface area (Å²) in [5, 5.41) is 7.81. The van der Waals surface area contributed by atoms with Gasteiger partial charge in [0.1, 0.15) is 13.2 Å². The lowest BCUT2D eigenvalue weighted by Crippen LogP contribution is -2.32. The normalized spacial score (nSPS) is 13.5. The molecule has 2 N–H and O–H groups in total. The lowest BCUT2D eigenvalue weighted by Gasteiger charge is -2.25. The minimum Gasteiger partial charge on any atom is -0.486 e. The van der Waals surface area contributed by atoms with Crippen LogP contribution in [0.15, 0.2) is 60.0 Å². The number of thiophene rings is 1. The van der Waals surface area contributed by atoms with Crippen molar-refractivity contribution in [3.8, 4) is 11.5 Å². The van der Waals surface area contributed by atoms with E-state index in [1.54, 1.807) is 30.3 Å². The fourth-order valence-corrected chi connectivity index (χ4v) is 4.07. The number of carbonyl (C=O) groups is 2. The fraction of sp³-hybridized carbons (Fsp3) is 0.250. The van der Waals surface area contributed by atoms with Crippen molar-refractivity contribution in [2.75, 3.05) is 18.5 Å². The van der Waals surface area contributed by atoms with Gasteiger partial charge >= 0.3 is 0 Å². The first-order valence-corrected chi connectivity index (χ1v) is 11.0. The van der Waals surface area contributed by atoms with Gasteiger partial charge in [0.25, 0.3) is 11.8 Å². The van der Waals surface area contributed by atoms with Gasteiger partial charge in [-0.15, -0.1) is 11.3 Å². The van der Waals surface area contributed by atoms with E-state index in [2.05, 4.69) is 24.5 Å². The monoisotopic (exact) mass is 436 g/mol. The molecule has 0 spiro atoms. The highest BCUT2D eigenvalue weighted by Crippen LogP contribution is 2.34. The van der Waals surface area contributed by atoms with E-state index in [1.165, 1.54) is 11.3 Å². The van der Waals surface area contributed by atoms with Crippen LogP contribution in [0.3, 0.4) is 0 Å². The number of ether oxygens (including phenoxy) is 2. The largest absolute Gasteiger partial charge is 0.486 e. The molecule has 0 radical (unpaired) electrons. The molecular weight excluding hydrogens is 412 g/mol. The number of benzene rings is 2. The maximum absolute atomic E-state index is 13.0. The number of anilines is 1. The van der Waals surface area contributed by atoms with E-state index >= 15 is 0 Å². The van der Waals surface area contributed by atoms with Gasteiger partial charge < -0.3 is 20.1 Å². The van der Waals surface area contributed by atoms with Crippen molar-refractivity contribution in [1.29, 1.82) is 0 Å². The highest BCUT2D eigenvalue weighted by Gasteiger charge is 2.22. The van der Waals surface area contributed by atoms with Gasteiger partial charge in [-0.05, 0) is 53.3 Å². The van der Waals surface area contributed by atoms with E-state index in [0.29, 0.717) is 35.1 Å². The second kappa shape index (κ2) is 9.22.